The van der Waals surface area contributed by atoms with Crippen LogP contribution in [0.3, 0.4) is 0 Å². The van der Waals surface area contributed by atoms with Crippen LogP contribution < -0.4 is 20.1 Å². The van der Waals surface area contributed by atoms with Crippen LogP contribution in [-0.2, 0) is 6.61 Å². The molecule has 1 heterocycles. The number of hydrogen-bond donors (Lipinski definition) is 2. The van der Waals surface area contributed by atoms with Crippen molar-refractivity contribution in [1.82, 2.24) is 4.98 Å². The van der Waals surface area contributed by atoms with Crippen LogP contribution in [0, 0.1) is 0 Å². The monoisotopic (exact) mass is 391 g/mol. The molecule has 0 unspecified atom stereocenters. The minimum absolute atomic E-state index is 0.291. The van der Waals surface area contributed by atoms with Crippen molar-refractivity contribution < 1.29 is 14.3 Å². The number of urea groups is 1. The van der Waals surface area contributed by atoms with Crippen LogP contribution in [-0.4, -0.2) is 18.1 Å². The molecule has 0 atom stereocenters. The van der Waals surface area contributed by atoms with Gasteiger partial charge in [0.2, 0.25) is 11.8 Å². The Balaban J connectivity index is 1.75. The first-order valence-corrected chi connectivity index (χ1v) is 9.45. The summed E-state index contributed by atoms with van der Waals surface area (Å²) in [6.45, 7) is 4.50. The summed E-state index contributed by atoms with van der Waals surface area (Å²) in [4.78, 5) is 16.9. The third-order valence-corrected chi connectivity index (χ3v) is 4.34. The lowest BCUT2D eigenvalue weighted by Gasteiger charge is -2.16. The SMILES string of the molecule is COc1ccc(NC(=O)Nc2ccccc2C(C)C)c(OCc2ccccc2)n1. The van der Waals surface area contributed by atoms with Gasteiger partial charge in [-0.15, -0.1) is 0 Å². The minimum Gasteiger partial charge on any atom is -0.481 e. The van der Waals surface area contributed by atoms with Gasteiger partial charge in [-0.1, -0.05) is 62.4 Å². The van der Waals surface area contributed by atoms with E-state index in [1.54, 1.807) is 12.1 Å². The summed E-state index contributed by atoms with van der Waals surface area (Å²) in [6.07, 6.45) is 0. The van der Waals surface area contributed by atoms with Gasteiger partial charge in [0.1, 0.15) is 12.3 Å². The van der Waals surface area contributed by atoms with E-state index in [1.807, 2.05) is 54.6 Å². The van der Waals surface area contributed by atoms with Crippen molar-refractivity contribution in [2.24, 2.45) is 0 Å². The van der Waals surface area contributed by atoms with Gasteiger partial charge in [0.05, 0.1) is 7.11 Å². The third-order valence-electron chi connectivity index (χ3n) is 4.34. The predicted octanol–water partition coefficient (Wildman–Crippen LogP) is 5.44. The van der Waals surface area contributed by atoms with E-state index in [0.29, 0.717) is 30.0 Å². The van der Waals surface area contributed by atoms with E-state index < -0.39 is 0 Å². The maximum atomic E-state index is 12.6. The van der Waals surface area contributed by atoms with Gasteiger partial charge in [-0.25, -0.2) is 4.79 Å². The molecule has 29 heavy (non-hydrogen) atoms. The van der Waals surface area contributed by atoms with E-state index >= 15 is 0 Å². The van der Waals surface area contributed by atoms with Crippen molar-refractivity contribution in [2.75, 3.05) is 17.7 Å². The summed E-state index contributed by atoms with van der Waals surface area (Å²) in [7, 11) is 1.53. The number of aromatic nitrogens is 1. The van der Waals surface area contributed by atoms with Crippen LogP contribution >= 0.6 is 0 Å². The molecule has 2 aromatic carbocycles. The van der Waals surface area contributed by atoms with E-state index in [-0.39, 0.29) is 6.03 Å². The lowest BCUT2D eigenvalue weighted by atomic mass is 10.0. The number of anilines is 2. The smallest absolute Gasteiger partial charge is 0.323 e. The molecule has 0 fully saturated rings. The van der Waals surface area contributed by atoms with E-state index in [9.17, 15) is 4.79 Å². The molecule has 0 radical (unpaired) electrons. The molecule has 0 aliphatic carbocycles. The van der Waals surface area contributed by atoms with Gasteiger partial charge in [-0.3, -0.25) is 0 Å². The highest BCUT2D eigenvalue weighted by molar-refractivity contribution is 6.01. The van der Waals surface area contributed by atoms with Crippen LogP contribution in [0.2, 0.25) is 0 Å². The third kappa shape index (κ3) is 5.48. The first-order chi connectivity index (χ1) is 14.1. The maximum Gasteiger partial charge on any atom is 0.323 e. The molecule has 3 aromatic rings. The number of nitrogens with zero attached hydrogens (tertiary/aromatic N) is 1. The number of ether oxygens (including phenoxy) is 2. The molecule has 0 saturated carbocycles. The van der Waals surface area contributed by atoms with E-state index in [4.69, 9.17) is 9.47 Å². The molecular formula is C23H25N3O3. The fourth-order valence-corrected chi connectivity index (χ4v) is 2.86. The maximum absolute atomic E-state index is 12.6. The average Bonchev–Trinajstić information content (AvgIpc) is 2.74. The molecular weight excluding hydrogens is 366 g/mol. The van der Waals surface area contributed by atoms with Crippen LogP contribution in [0.25, 0.3) is 0 Å². The molecule has 150 valence electrons. The highest BCUT2D eigenvalue weighted by atomic mass is 16.5. The van der Waals surface area contributed by atoms with Crippen molar-refractivity contribution in [3.8, 4) is 11.8 Å². The summed E-state index contributed by atoms with van der Waals surface area (Å²) >= 11 is 0. The first-order valence-electron chi connectivity index (χ1n) is 9.45. The van der Waals surface area contributed by atoms with Crippen molar-refractivity contribution in [1.29, 1.82) is 0 Å². The Kier molecular flexibility index (Phi) is 6.68. The summed E-state index contributed by atoms with van der Waals surface area (Å²) in [5.41, 5.74) is 3.30. The van der Waals surface area contributed by atoms with Crippen LogP contribution in [0.1, 0.15) is 30.9 Å². The Bertz CT molecular complexity index is 959. The van der Waals surface area contributed by atoms with Gasteiger partial charge in [0.25, 0.3) is 0 Å². The topological polar surface area (TPSA) is 72.5 Å². The molecule has 0 aliphatic rings. The normalized spacial score (nSPS) is 10.5. The fraction of sp³-hybridized carbons (Fsp3) is 0.217. The van der Waals surface area contributed by atoms with Gasteiger partial charge >= 0.3 is 6.03 Å². The van der Waals surface area contributed by atoms with Crippen molar-refractivity contribution in [3.05, 3.63) is 77.9 Å². The second-order valence-corrected chi connectivity index (χ2v) is 6.80. The summed E-state index contributed by atoms with van der Waals surface area (Å²) in [5, 5.41) is 5.72. The molecule has 0 aliphatic heterocycles. The zero-order valence-corrected chi connectivity index (χ0v) is 16.8. The number of carbonyl (C=O) groups is 1. The molecule has 0 saturated heterocycles. The molecule has 1 aromatic heterocycles. The van der Waals surface area contributed by atoms with Crippen molar-refractivity contribution >= 4 is 17.4 Å². The first kappa shape index (κ1) is 20.2. The second-order valence-electron chi connectivity index (χ2n) is 6.80. The molecule has 0 bridgehead atoms. The summed E-state index contributed by atoms with van der Waals surface area (Å²) in [5.74, 6) is 0.989. The number of benzene rings is 2. The minimum atomic E-state index is -0.366. The molecule has 2 amide bonds. The molecule has 0 spiro atoms. The number of para-hydroxylation sites is 1. The Hall–Kier alpha value is -3.54. The zero-order chi connectivity index (χ0) is 20.6. The molecule has 6 nitrogen and oxygen atoms in total. The Morgan fingerprint density at radius 1 is 0.931 bits per heavy atom. The number of carbonyl (C=O) groups excluding carboxylic acids is 1. The molecule has 6 heteroatoms. The van der Waals surface area contributed by atoms with Crippen molar-refractivity contribution in [3.63, 3.8) is 0 Å². The number of rotatable bonds is 7. The van der Waals surface area contributed by atoms with Gasteiger partial charge < -0.3 is 20.1 Å². The second kappa shape index (κ2) is 9.59. The van der Waals surface area contributed by atoms with Gasteiger partial charge in [-0.05, 0) is 29.2 Å². The van der Waals surface area contributed by atoms with E-state index in [0.717, 1.165) is 16.8 Å². The number of amides is 2. The van der Waals surface area contributed by atoms with Crippen LogP contribution in [0.4, 0.5) is 16.2 Å². The lowest BCUT2D eigenvalue weighted by molar-refractivity contribution is 0.261. The number of hydrogen-bond acceptors (Lipinski definition) is 4. The zero-order valence-electron chi connectivity index (χ0n) is 16.8. The Labute approximate surface area is 170 Å². The predicted molar refractivity (Wildman–Crippen MR) is 115 cm³/mol. The molecule has 2 N–H and O–H groups in total. The van der Waals surface area contributed by atoms with Gasteiger partial charge in [0.15, 0.2) is 0 Å². The molecule has 3 rings (SSSR count). The summed E-state index contributed by atoms with van der Waals surface area (Å²) in [6, 6.07) is 20.5. The van der Waals surface area contributed by atoms with E-state index in [2.05, 4.69) is 29.5 Å². The number of methoxy groups -OCH3 is 1. The van der Waals surface area contributed by atoms with Gasteiger partial charge in [0, 0.05) is 11.8 Å². The van der Waals surface area contributed by atoms with E-state index in [1.165, 1.54) is 7.11 Å². The van der Waals surface area contributed by atoms with Crippen LogP contribution in [0.15, 0.2) is 66.7 Å². The van der Waals surface area contributed by atoms with Crippen LogP contribution in [0.5, 0.6) is 11.8 Å². The van der Waals surface area contributed by atoms with Gasteiger partial charge in [-0.2, -0.15) is 4.98 Å². The highest BCUT2D eigenvalue weighted by Crippen LogP contribution is 2.27. The standard InChI is InChI=1S/C23H25N3O3/c1-16(2)18-11-7-8-12-19(18)24-23(27)25-20-13-14-21(28-3)26-22(20)29-15-17-9-5-4-6-10-17/h4-14,16H,15H2,1-3H3,(H2,24,25,27). The largest absolute Gasteiger partial charge is 0.481 e. The summed E-state index contributed by atoms with van der Waals surface area (Å²) < 4.78 is 11.0. The fourth-order valence-electron chi connectivity index (χ4n) is 2.86. The Morgan fingerprint density at radius 3 is 2.34 bits per heavy atom. The number of pyridine rings is 1. The Morgan fingerprint density at radius 2 is 1.62 bits per heavy atom. The average molecular weight is 391 g/mol. The lowest BCUT2D eigenvalue weighted by Crippen LogP contribution is -2.21. The number of nitrogens with one attached hydrogen (secondary N) is 2. The quantitative estimate of drug-likeness (QED) is 0.563. The highest BCUT2D eigenvalue weighted by Gasteiger charge is 2.14. The van der Waals surface area contributed by atoms with Crippen molar-refractivity contribution in [2.45, 2.75) is 26.4 Å².